The van der Waals surface area contributed by atoms with Crippen LogP contribution < -0.4 is 5.73 Å². The third-order valence-electron chi connectivity index (χ3n) is 3.65. The summed E-state index contributed by atoms with van der Waals surface area (Å²) in [5, 5.41) is 9.77. The summed E-state index contributed by atoms with van der Waals surface area (Å²) in [5.74, 6) is 0.346. The van der Waals surface area contributed by atoms with Gasteiger partial charge in [0.2, 0.25) is 0 Å². The Balaban J connectivity index is 2.08. The third kappa shape index (κ3) is 2.88. The van der Waals surface area contributed by atoms with Crippen molar-refractivity contribution in [1.82, 2.24) is 4.90 Å². The molecule has 2 heterocycles. The minimum Gasteiger partial charge on any atom is -0.393 e. The van der Waals surface area contributed by atoms with Crippen molar-refractivity contribution in [3.8, 4) is 0 Å². The number of aliphatic hydroxyl groups excluding tert-OH is 1. The van der Waals surface area contributed by atoms with E-state index in [4.69, 9.17) is 5.73 Å². The molecule has 1 aliphatic rings. The van der Waals surface area contributed by atoms with Crippen molar-refractivity contribution in [2.45, 2.75) is 32.4 Å². The fourth-order valence-electron chi connectivity index (χ4n) is 2.53. The van der Waals surface area contributed by atoms with Crippen molar-refractivity contribution in [3.05, 3.63) is 21.9 Å². The van der Waals surface area contributed by atoms with E-state index in [1.165, 1.54) is 9.75 Å². The first-order chi connectivity index (χ1) is 8.11. The number of nitrogens with two attached hydrogens (primary N) is 1. The molecule has 3 N–H and O–H groups in total. The molecule has 4 heteroatoms. The van der Waals surface area contributed by atoms with E-state index >= 15 is 0 Å². The maximum absolute atomic E-state index is 9.77. The van der Waals surface area contributed by atoms with Gasteiger partial charge in [0, 0.05) is 29.4 Å². The van der Waals surface area contributed by atoms with E-state index in [-0.39, 0.29) is 6.10 Å². The van der Waals surface area contributed by atoms with Gasteiger partial charge in [0.05, 0.1) is 12.1 Å². The fourth-order valence-corrected chi connectivity index (χ4v) is 3.55. The van der Waals surface area contributed by atoms with Gasteiger partial charge < -0.3 is 10.8 Å². The molecular weight excluding hydrogens is 232 g/mol. The molecule has 3 atom stereocenters. The van der Waals surface area contributed by atoms with Crippen LogP contribution >= 0.6 is 11.3 Å². The van der Waals surface area contributed by atoms with Crippen molar-refractivity contribution >= 4 is 11.3 Å². The Morgan fingerprint density at radius 2 is 2.35 bits per heavy atom. The highest BCUT2D eigenvalue weighted by molar-refractivity contribution is 7.12. The molecule has 0 aromatic carbocycles. The first-order valence-corrected chi connectivity index (χ1v) is 7.12. The number of piperidine rings is 1. The van der Waals surface area contributed by atoms with Crippen LogP contribution in [0.15, 0.2) is 12.1 Å². The molecule has 0 spiro atoms. The SMILES string of the molecule is Cc1ccc(C(CN)N2CCC(O)C(C)C2)s1. The van der Waals surface area contributed by atoms with Crippen LogP contribution in [0.2, 0.25) is 0 Å². The monoisotopic (exact) mass is 254 g/mol. The largest absolute Gasteiger partial charge is 0.393 e. The van der Waals surface area contributed by atoms with Crippen molar-refractivity contribution in [2.75, 3.05) is 19.6 Å². The fraction of sp³-hybridized carbons (Fsp3) is 0.692. The highest BCUT2D eigenvalue weighted by Gasteiger charge is 2.29. The van der Waals surface area contributed by atoms with Gasteiger partial charge in [0.1, 0.15) is 0 Å². The molecule has 1 saturated heterocycles. The van der Waals surface area contributed by atoms with Gasteiger partial charge in [-0.05, 0) is 31.4 Å². The normalized spacial score (nSPS) is 28.2. The average Bonchev–Trinajstić information content (AvgIpc) is 2.71. The number of rotatable bonds is 3. The van der Waals surface area contributed by atoms with Gasteiger partial charge in [-0.15, -0.1) is 11.3 Å². The Bertz CT molecular complexity index is 366. The summed E-state index contributed by atoms with van der Waals surface area (Å²) in [6, 6.07) is 4.67. The zero-order valence-electron chi connectivity index (χ0n) is 10.6. The van der Waals surface area contributed by atoms with Gasteiger partial charge in [-0.2, -0.15) is 0 Å². The third-order valence-corrected chi connectivity index (χ3v) is 4.75. The molecule has 3 unspecified atom stereocenters. The molecule has 0 radical (unpaired) electrons. The van der Waals surface area contributed by atoms with Crippen LogP contribution in [0.4, 0.5) is 0 Å². The van der Waals surface area contributed by atoms with Gasteiger partial charge in [-0.3, -0.25) is 4.90 Å². The quantitative estimate of drug-likeness (QED) is 0.864. The molecule has 96 valence electrons. The van der Waals surface area contributed by atoms with Crippen molar-refractivity contribution in [2.24, 2.45) is 11.7 Å². The summed E-state index contributed by atoms with van der Waals surface area (Å²) in [5.41, 5.74) is 5.93. The van der Waals surface area contributed by atoms with Crippen LogP contribution in [0.3, 0.4) is 0 Å². The molecule has 1 fully saturated rings. The van der Waals surface area contributed by atoms with Gasteiger partial charge in [0.25, 0.3) is 0 Å². The standard InChI is InChI=1S/C13H22N2OS/c1-9-8-15(6-5-12(9)16)11(7-14)13-4-3-10(2)17-13/h3-4,9,11-12,16H,5-8,14H2,1-2H3. The molecule has 1 aromatic rings. The molecule has 0 amide bonds. The molecule has 0 aliphatic carbocycles. The minimum absolute atomic E-state index is 0.144. The lowest BCUT2D eigenvalue weighted by Crippen LogP contribution is -2.45. The van der Waals surface area contributed by atoms with E-state index in [1.807, 2.05) is 11.3 Å². The molecular formula is C13H22N2OS. The maximum Gasteiger partial charge on any atom is 0.0590 e. The average molecular weight is 254 g/mol. The van der Waals surface area contributed by atoms with Gasteiger partial charge in [-0.1, -0.05) is 6.92 Å². The van der Waals surface area contributed by atoms with Gasteiger partial charge >= 0.3 is 0 Å². The van der Waals surface area contributed by atoms with Crippen molar-refractivity contribution in [3.63, 3.8) is 0 Å². The predicted molar refractivity (Wildman–Crippen MR) is 72.2 cm³/mol. The van der Waals surface area contributed by atoms with Gasteiger partial charge in [-0.25, -0.2) is 0 Å². The second kappa shape index (κ2) is 5.48. The summed E-state index contributed by atoms with van der Waals surface area (Å²) < 4.78 is 0. The molecule has 1 aliphatic heterocycles. The second-order valence-electron chi connectivity index (χ2n) is 5.03. The van der Waals surface area contributed by atoms with Crippen LogP contribution in [-0.2, 0) is 0 Å². The minimum atomic E-state index is -0.144. The highest BCUT2D eigenvalue weighted by Crippen LogP contribution is 2.30. The zero-order valence-corrected chi connectivity index (χ0v) is 11.4. The van der Waals surface area contributed by atoms with Crippen LogP contribution in [-0.4, -0.2) is 35.7 Å². The van der Waals surface area contributed by atoms with Crippen LogP contribution in [0.5, 0.6) is 0 Å². The molecule has 17 heavy (non-hydrogen) atoms. The van der Waals surface area contributed by atoms with E-state index in [0.717, 1.165) is 19.5 Å². The summed E-state index contributed by atoms with van der Waals surface area (Å²) in [6.07, 6.45) is 0.719. The predicted octanol–water partition coefficient (Wildman–Crippen LogP) is 1.76. The Morgan fingerprint density at radius 3 is 2.88 bits per heavy atom. The first kappa shape index (κ1) is 13.0. The van der Waals surface area contributed by atoms with Crippen LogP contribution in [0, 0.1) is 12.8 Å². The molecule has 0 bridgehead atoms. The molecule has 0 saturated carbocycles. The Labute approximate surface area is 107 Å². The second-order valence-corrected chi connectivity index (χ2v) is 6.35. The van der Waals surface area contributed by atoms with Crippen LogP contribution in [0.1, 0.15) is 29.1 Å². The number of hydrogen-bond acceptors (Lipinski definition) is 4. The Kier molecular flexibility index (Phi) is 4.20. The number of nitrogens with zero attached hydrogens (tertiary/aromatic N) is 1. The Hall–Kier alpha value is -0.420. The Morgan fingerprint density at radius 1 is 1.59 bits per heavy atom. The van der Waals surface area contributed by atoms with E-state index in [0.29, 0.717) is 18.5 Å². The number of hydrogen-bond donors (Lipinski definition) is 2. The maximum atomic E-state index is 9.77. The van der Waals surface area contributed by atoms with E-state index in [2.05, 4.69) is 30.9 Å². The number of aryl methyl sites for hydroxylation is 1. The summed E-state index contributed by atoms with van der Waals surface area (Å²) >= 11 is 1.83. The number of likely N-dealkylation sites (tertiary alicyclic amines) is 1. The smallest absolute Gasteiger partial charge is 0.0590 e. The lowest BCUT2D eigenvalue weighted by molar-refractivity contribution is 0.0187. The highest BCUT2D eigenvalue weighted by atomic mass is 32.1. The summed E-state index contributed by atoms with van der Waals surface area (Å²) in [4.78, 5) is 5.11. The van der Waals surface area contributed by atoms with Crippen molar-refractivity contribution < 1.29 is 5.11 Å². The zero-order chi connectivity index (χ0) is 12.4. The van der Waals surface area contributed by atoms with Gasteiger partial charge in [0.15, 0.2) is 0 Å². The lowest BCUT2D eigenvalue weighted by atomic mass is 9.95. The summed E-state index contributed by atoms with van der Waals surface area (Å²) in [7, 11) is 0. The molecule has 1 aromatic heterocycles. The van der Waals surface area contributed by atoms with E-state index in [1.54, 1.807) is 0 Å². The molecule has 2 rings (SSSR count). The lowest BCUT2D eigenvalue weighted by Gasteiger charge is -2.38. The van der Waals surface area contributed by atoms with Crippen molar-refractivity contribution in [1.29, 1.82) is 0 Å². The van der Waals surface area contributed by atoms with E-state index < -0.39 is 0 Å². The number of aliphatic hydroxyl groups is 1. The van der Waals surface area contributed by atoms with Crippen LogP contribution in [0.25, 0.3) is 0 Å². The van der Waals surface area contributed by atoms with E-state index in [9.17, 15) is 5.11 Å². The number of thiophene rings is 1. The topological polar surface area (TPSA) is 49.5 Å². The first-order valence-electron chi connectivity index (χ1n) is 6.30. The summed E-state index contributed by atoms with van der Waals surface area (Å²) in [6.45, 7) is 6.79. The molecule has 3 nitrogen and oxygen atoms in total.